The zero-order chi connectivity index (χ0) is 14.6. The molecule has 112 valence electrons. The second-order valence-electron chi connectivity index (χ2n) is 4.61. The van der Waals surface area contributed by atoms with Gasteiger partial charge in [-0.2, -0.15) is 0 Å². The van der Waals surface area contributed by atoms with Crippen LogP contribution in [0.25, 0.3) is 0 Å². The summed E-state index contributed by atoms with van der Waals surface area (Å²) in [4.78, 5) is 11.5. The fourth-order valence-corrected chi connectivity index (χ4v) is 1.86. The Morgan fingerprint density at radius 3 is 2.55 bits per heavy atom. The van der Waals surface area contributed by atoms with E-state index < -0.39 is 0 Å². The van der Waals surface area contributed by atoms with Gasteiger partial charge in [-0.15, -0.1) is 0 Å². The molecule has 0 spiro atoms. The first-order chi connectivity index (χ1) is 9.72. The highest BCUT2D eigenvalue weighted by molar-refractivity contribution is 6.30. The lowest BCUT2D eigenvalue weighted by molar-refractivity contribution is -0.121. The van der Waals surface area contributed by atoms with E-state index in [0.717, 1.165) is 44.5 Å². The molecule has 0 saturated heterocycles. The summed E-state index contributed by atoms with van der Waals surface area (Å²) in [6.07, 6.45) is 4.67. The van der Waals surface area contributed by atoms with Crippen molar-refractivity contribution in [3.05, 3.63) is 29.3 Å². The average Bonchev–Trinajstić information content (AvgIpc) is 2.45. The Hall–Kier alpha value is -1.26. The molecule has 20 heavy (non-hydrogen) atoms. The van der Waals surface area contributed by atoms with Gasteiger partial charge in [-0.1, -0.05) is 24.4 Å². The van der Waals surface area contributed by atoms with Crippen molar-refractivity contribution in [1.29, 1.82) is 0 Å². The topological polar surface area (TPSA) is 64.3 Å². The normalized spacial score (nSPS) is 10.3. The molecular weight excluding hydrogens is 276 g/mol. The molecule has 1 aromatic carbocycles. The molecule has 0 aromatic heterocycles. The minimum atomic E-state index is 0.0257. The average molecular weight is 299 g/mol. The van der Waals surface area contributed by atoms with E-state index in [-0.39, 0.29) is 5.91 Å². The van der Waals surface area contributed by atoms with Crippen molar-refractivity contribution in [2.24, 2.45) is 5.73 Å². The van der Waals surface area contributed by atoms with Gasteiger partial charge in [0.25, 0.3) is 0 Å². The smallest absolute Gasteiger partial charge is 0.223 e. The number of amides is 1. The van der Waals surface area contributed by atoms with Crippen LogP contribution in [0.5, 0.6) is 5.75 Å². The molecule has 0 saturated carbocycles. The van der Waals surface area contributed by atoms with E-state index in [1.807, 2.05) is 0 Å². The van der Waals surface area contributed by atoms with E-state index in [1.165, 1.54) is 0 Å². The first-order valence-electron chi connectivity index (χ1n) is 7.07. The van der Waals surface area contributed by atoms with Gasteiger partial charge < -0.3 is 15.8 Å². The molecule has 0 radical (unpaired) electrons. The zero-order valence-electron chi connectivity index (χ0n) is 11.7. The number of carbonyl (C=O) groups is 1. The lowest BCUT2D eigenvalue weighted by atomic mass is 10.2. The van der Waals surface area contributed by atoms with Gasteiger partial charge in [0.15, 0.2) is 0 Å². The highest BCUT2D eigenvalue weighted by Gasteiger charge is 2.01. The summed E-state index contributed by atoms with van der Waals surface area (Å²) in [7, 11) is 0. The van der Waals surface area contributed by atoms with Crippen LogP contribution in [0.4, 0.5) is 0 Å². The summed E-state index contributed by atoms with van der Waals surface area (Å²) < 4.78 is 5.46. The molecule has 1 aromatic rings. The second kappa shape index (κ2) is 10.5. The SMILES string of the molecule is NCCCCCCNC(=O)CCOc1ccc(Cl)cc1. The molecule has 1 rings (SSSR count). The van der Waals surface area contributed by atoms with E-state index in [1.54, 1.807) is 24.3 Å². The Kier molecular flexibility index (Phi) is 8.83. The first kappa shape index (κ1) is 16.8. The molecule has 0 aliphatic carbocycles. The van der Waals surface area contributed by atoms with Crippen LogP contribution < -0.4 is 15.8 Å². The van der Waals surface area contributed by atoms with Crippen LogP contribution in [0.1, 0.15) is 32.1 Å². The summed E-state index contributed by atoms with van der Waals surface area (Å²) >= 11 is 5.77. The number of hydrogen-bond donors (Lipinski definition) is 2. The van der Waals surface area contributed by atoms with Gasteiger partial charge in [0.05, 0.1) is 13.0 Å². The Labute approximate surface area is 125 Å². The van der Waals surface area contributed by atoms with Crippen molar-refractivity contribution >= 4 is 17.5 Å². The Bertz CT molecular complexity index is 382. The number of nitrogens with one attached hydrogen (secondary N) is 1. The van der Waals surface area contributed by atoms with Gasteiger partial charge in [-0.25, -0.2) is 0 Å². The zero-order valence-corrected chi connectivity index (χ0v) is 12.5. The van der Waals surface area contributed by atoms with E-state index in [4.69, 9.17) is 22.1 Å². The van der Waals surface area contributed by atoms with E-state index in [0.29, 0.717) is 18.1 Å². The molecule has 0 atom stereocenters. The molecule has 0 bridgehead atoms. The van der Waals surface area contributed by atoms with Gasteiger partial charge in [0.2, 0.25) is 5.91 Å². The van der Waals surface area contributed by atoms with Crippen LogP contribution >= 0.6 is 11.6 Å². The molecule has 3 N–H and O–H groups in total. The number of nitrogens with two attached hydrogens (primary N) is 1. The van der Waals surface area contributed by atoms with Crippen LogP contribution in [0.15, 0.2) is 24.3 Å². The second-order valence-corrected chi connectivity index (χ2v) is 5.04. The summed E-state index contributed by atoms with van der Waals surface area (Å²) in [5, 5.41) is 3.55. The number of ether oxygens (including phenoxy) is 1. The molecule has 1 amide bonds. The number of rotatable bonds is 10. The Morgan fingerprint density at radius 2 is 1.85 bits per heavy atom. The lowest BCUT2D eigenvalue weighted by Crippen LogP contribution is -2.25. The van der Waals surface area contributed by atoms with Crippen molar-refractivity contribution in [2.75, 3.05) is 19.7 Å². The highest BCUT2D eigenvalue weighted by Crippen LogP contribution is 2.15. The van der Waals surface area contributed by atoms with E-state index in [2.05, 4.69) is 5.32 Å². The summed E-state index contributed by atoms with van der Waals surface area (Å²) in [5.74, 6) is 0.752. The van der Waals surface area contributed by atoms with Gasteiger partial charge in [-0.3, -0.25) is 4.79 Å². The molecule has 5 heteroatoms. The van der Waals surface area contributed by atoms with Crippen LogP contribution in [-0.4, -0.2) is 25.6 Å². The summed E-state index contributed by atoms with van der Waals surface area (Å²) in [6, 6.07) is 7.10. The molecule has 0 aliphatic heterocycles. The van der Waals surface area contributed by atoms with Crippen molar-refractivity contribution in [3.8, 4) is 5.75 Å². The molecule has 4 nitrogen and oxygen atoms in total. The highest BCUT2D eigenvalue weighted by atomic mass is 35.5. The summed E-state index contributed by atoms with van der Waals surface area (Å²) in [6.45, 7) is 1.85. The third-order valence-electron chi connectivity index (χ3n) is 2.86. The standard InChI is InChI=1S/C15H23ClN2O2/c16-13-5-7-14(8-6-13)20-12-9-15(19)18-11-4-2-1-3-10-17/h5-8H,1-4,9-12,17H2,(H,18,19). The van der Waals surface area contributed by atoms with Crippen LogP contribution in [0, 0.1) is 0 Å². The predicted octanol–water partition coefficient (Wildman–Crippen LogP) is 2.74. The minimum absolute atomic E-state index is 0.0257. The molecule has 0 heterocycles. The van der Waals surface area contributed by atoms with Crippen molar-refractivity contribution in [3.63, 3.8) is 0 Å². The maximum absolute atomic E-state index is 11.5. The minimum Gasteiger partial charge on any atom is -0.493 e. The maximum Gasteiger partial charge on any atom is 0.223 e. The van der Waals surface area contributed by atoms with Crippen molar-refractivity contribution < 1.29 is 9.53 Å². The van der Waals surface area contributed by atoms with Gasteiger partial charge >= 0.3 is 0 Å². The number of hydrogen-bond acceptors (Lipinski definition) is 3. The van der Waals surface area contributed by atoms with E-state index >= 15 is 0 Å². The van der Waals surface area contributed by atoms with Crippen LogP contribution in [0.2, 0.25) is 5.02 Å². The van der Waals surface area contributed by atoms with Crippen LogP contribution in [0.3, 0.4) is 0 Å². The predicted molar refractivity (Wildman–Crippen MR) is 82.1 cm³/mol. The number of halogens is 1. The first-order valence-corrected chi connectivity index (χ1v) is 7.45. The summed E-state index contributed by atoms with van der Waals surface area (Å²) in [5.41, 5.74) is 5.41. The van der Waals surface area contributed by atoms with Gasteiger partial charge in [-0.05, 0) is 43.7 Å². The molecule has 0 unspecified atom stereocenters. The fourth-order valence-electron chi connectivity index (χ4n) is 1.73. The molecule has 0 fully saturated rings. The van der Waals surface area contributed by atoms with Crippen LogP contribution in [-0.2, 0) is 4.79 Å². The third kappa shape index (κ3) is 8.02. The maximum atomic E-state index is 11.5. The Balaban J connectivity index is 2.01. The quantitative estimate of drug-likeness (QED) is 0.653. The fraction of sp³-hybridized carbons (Fsp3) is 0.533. The van der Waals surface area contributed by atoms with Crippen molar-refractivity contribution in [2.45, 2.75) is 32.1 Å². The lowest BCUT2D eigenvalue weighted by Gasteiger charge is -2.07. The molecule has 0 aliphatic rings. The van der Waals surface area contributed by atoms with Gasteiger partial charge in [0.1, 0.15) is 5.75 Å². The third-order valence-corrected chi connectivity index (χ3v) is 3.12. The molecular formula is C15H23ClN2O2. The monoisotopic (exact) mass is 298 g/mol. The Morgan fingerprint density at radius 1 is 1.15 bits per heavy atom. The van der Waals surface area contributed by atoms with Crippen molar-refractivity contribution in [1.82, 2.24) is 5.32 Å². The number of benzene rings is 1. The number of carbonyl (C=O) groups excluding carboxylic acids is 1. The van der Waals surface area contributed by atoms with Gasteiger partial charge in [0, 0.05) is 11.6 Å². The van der Waals surface area contributed by atoms with E-state index in [9.17, 15) is 4.79 Å². The number of unbranched alkanes of at least 4 members (excludes halogenated alkanes) is 3. The largest absolute Gasteiger partial charge is 0.493 e.